The smallest absolute Gasteiger partial charge is 0.159 e. The minimum Gasteiger partial charge on any atom is -0.495 e. The van der Waals surface area contributed by atoms with E-state index in [1.807, 2.05) is 32.3 Å². The number of carbonyl (C=O) groups is 1. The van der Waals surface area contributed by atoms with E-state index < -0.39 is 0 Å². The summed E-state index contributed by atoms with van der Waals surface area (Å²) in [6, 6.07) is 9.93. The third kappa shape index (κ3) is 3.53. The number of aromatic nitrogens is 2. The van der Waals surface area contributed by atoms with Crippen LogP contribution in [0.4, 0.5) is 5.69 Å². The Hall–Kier alpha value is -3.08. The molecule has 3 aromatic rings. The largest absolute Gasteiger partial charge is 0.495 e. The summed E-state index contributed by atoms with van der Waals surface area (Å²) < 4.78 is 7.92. The molecule has 0 radical (unpaired) electrons. The van der Waals surface area contributed by atoms with Crippen molar-refractivity contribution in [2.75, 3.05) is 19.1 Å². The number of hydrogen-bond acceptors (Lipinski definition) is 4. The lowest BCUT2D eigenvalue weighted by Crippen LogP contribution is -2.19. The topological polar surface area (TPSA) is 47.4 Å². The summed E-state index contributed by atoms with van der Waals surface area (Å²) in [5, 5.41) is 1.12. The molecule has 5 nitrogen and oxygen atoms in total. The predicted octanol–water partition coefficient (Wildman–Crippen LogP) is 5.07. The Labute approximate surface area is 171 Å². The average Bonchev–Trinajstić information content (AvgIpc) is 3.46. The SMILES string of the molecule is C=C(c1cc2cccnc2n1CC1CC1)N(C)c1c(C)cc(C(C)=O)cc1OC. The molecule has 0 bridgehead atoms. The molecule has 29 heavy (non-hydrogen) atoms. The first-order chi connectivity index (χ1) is 13.9. The summed E-state index contributed by atoms with van der Waals surface area (Å²) in [6.07, 6.45) is 4.39. The second-order valence-corrected chi connectivity index (χ2v) is 7.91. The van der Waals surface area contributed by atoms with E-state index in [2.05, 4.69) is 33.2 Å². The van der Waals surface area contributed by atoms with Crippen molar-refractivity contribution in [3.63, 3.8) is 0 Å². The van der Waals surface area contributed by atoms with Crippen LogP contribution in [0.25, 0.3) is 16.7 Å². The fourth-order valence-corrected chi connectivity index (χ4v) is 3.91. The Balaban J connectivity index is 1.78. The highest BCUT2D eigenvalue weighted by Crippen LogP contribution is 2.39. The quantitative estimate of drug-likeness (QED) is 0.529. The number of ketones is 1. The molecule has 1 aliphatic carbocycles. The molecule has 0 atom stereocenters. The van der Waals surface area contributed by atoms with Gasteiger partial charge in [0.2, 0.25) is 0 Å². The molecule has 0 unspecified atom stereocenters. The van der Waals surface area contributed by atoms with Gasteiger partial charge in [-0.25, -0.2) is 4.98 Å². The third-order valence-corrected chi connectivity index (χ3v) is 5.72. The Kier molecular flexibility index (Phi) is 4.91. The third-order valence-electron chi connectivity index (χ3n) is 5.72. The van der Waals surface area contributed by atoms with Crippen molar-refractivity contribution in [3.05, 3.63) is 59.9 Å². The van der Waals surface area contributed by atoms with E-state index in [0.29, 0.717) is 11.3 Å². The summed E-state index contributed by atoms with van der Waals surface area (Å²) in [7, 11) is 3.62. The molecule has 4 rings (SSSR count). The first kappa shape index (κ1) is 19.2. The highest BCUT2D eigenvalue weighted by molar-refractivity contribution is 5.96. The fourth-order valence-electron chi connectivity index (χ4n) is 3.91. The van der Waals surface area contributed by atoms with Crippen LogP contribution >= 0.6 is 0 Å². The summed E-state index contributed by atoms with van der Waals surface area (Å²) >= 11 is 0. The second-order valence-electron chi connectivity index (χ2n) is 7.91. The number of anilines is 1. The monoisotopic (exact) mass is 389 g/mol. The zero-order valence-corrected chi connectivity index (χ0v) is 17.5. The molecular formula is C24H27N3O2. The molecule has 1 aliphatic rings. The van der Waals surface area contributed by atoms with Crippen molar-refractivity contribution in [1.82, 2.24) is 9.55 Å². The lowest BCUT2D eigenvalue weighted by atomic mass is 10.0. The zero-order chi connectivity index (χ0) is 20.7. The molecule has 0 saturated heterocycles. The maximum absolute atomic E-state index is 11.9. The summed E-state index contributed by atoms with van der Waals surface area (Å²) in [5.74, 6) is 1.41. The van der Waals surface area contributed by atoms with Gasteiger partial charge in [0.15, 0.2) is 5.78 Å². The van der Waals surface area contributed by atoms with Crippen molar-refractivity contribution in [3.8, 4) is 5.75 Å². The zero-order valence-electron chi connectivity index (χ0n) is 17.5. The second kappa shape index (κ2) is 7.39. The number of Topliss-reactive ketones (excluding diaryl/α,β-unsaturated/α-hetero) is 1. The molecular weight excluding hydrogens is 362 g/mol. The van der Waals surface area contributed by atoms with Gasteiger partial charge in [-0.15, -0.1) is 0 Å². The molecule has 5 heteroatoms. The Morgan fingerprint density at radius 2 is 2.10 bits per heavy atom. The van der Waals surface area contributed by atoms with E-state index >= 15 is 0 Å². The molecule has 2 heterocycles. The number of benzene rings is 1. The van der Waals surface area contributed by atoms with Crippen LogP contribution in [0.5, 0.6) is 5.75 Å². The highest BCUT2D eigenvalue weighted by Gasteiger charge is 2.26. The van der Waals surface area contributed by atoms with E-state index in [9.17, 15) is 4.79 Å². The normalized spacial score (nSPS) is 13.5. The number of aryl methyl sites for hydroxylation is 1. The van der Waals surface area contributed by atoms with E-state index in [0.717, 1.165) is 46.1 Å². The predicted molar refractivity (Wildman–Crippen MR) is 118 cm³/mol. The maximum atomic E-state index is 11.9. The van der Waals surface area contributed by atoms with Gasteiger partial charge < -0.3 is 14.2 Å². The van der Waals surface area contributed by atoms with Gasteiger partial charge in [-0.2, -0.15) is 0 Å². The van der Waals surface area contributed by atoms with Crippen LogP contribution in [-0.4, -0.2) is 29.5 Å². The molecule has 0 amide bonds. The molecule has 2 aromatic heterocycles. The molecule has 1 fully saturated rings. The van der Waals surface area contributed by atoms with E-state index in [1.54, 1.807) is 20.1 Å². The summed E-state index contributed by atoms with van der Waals surface area (Å²) in [5.41, 5.74) is 5.47. The minimum atomic E-state index is 0.0232. The van der Waals surface area contributed by atoms with Crippen LogP contribution < -0.4 is 9.64 Å². The van der Waals surface area contributed by atoms with Crippen molar-refractivity contribution >= 4 is 28.2 Å². The average molecular weight is 389 g/mol. The van der Waals surface area contributed by atoms with E-state index in [1.165, 1.54) is 12.8 Å². The van der Waals surface area contributed by atoms with Crippen LogP contribution in [-0.2, 0) is 6.54 Å². The summed E-state index contributed by atoms with van der Waals surface area (Å²) in [6.45, 7) is 8.94. The highest BCUT2D eigenvalue weighted by atomic mass is 16.5. The molecule has 1 aromatic carbocycles. The van der Waals surface area contributed by atoms with Crippen molar-refractivity contribution < 1.29 is 9.53 Å². The van der Waals surface area contributed by atoms with Crippen LogP contribution in [0.1, 0.15) is 41.4 Å². The Bertz CT molecular complexity index is 1110. The molecule has 150 valence electrons. The molecule has 0 aliphatic heterocycles. The van der Waals surface area contributed by atoms with Gasteiger partial charge in [0, 0.05) is 30.7 Å². The van der Waals surface area contributed by atoms with Crippen molar-refractivity contribution in [2.45, 2.75) is 33.2 Å². The van der Waals surface area contributed by atoms with E-state index in [-0.39, 0.29) is 5.78 Å². The number of rotatable bonds is 7. The van der Waals surface area contributed by atoms with Gasteiger partial charge in [-0.1, -0.05) is 6.58 Å². The number of nitrogens with zero attached hydrogens (tertiary/aromatic N) is 3. The van der Waals surface area contributed by atoms with Crippen LogP contribution in [0.15, 0.2) is 43.1 Å². The lowest BCUT2D eigenvalue weighted by molar-refractivity contribution is 0.101. The number of hydrogen-bond donors (Lipinski definition) is 0. The standard InChI is InChI=1S/C24H27N3O2/c1-15-11-20(17(3)28)13-22(29-5)23(15)26(4)16(2)21-12-19-7-6-10-25-24(19)27(21)14-18-8-9-18/h6-7,10-13,18H,2,8-9,14H2,1,3-5H3. The number of fused-ring (bicyclic) bond motifs is 1. The van der Waals surface area contributed by atoms with Gasteiger partial charge in [0.1, 0.15) is 11.4 Å². The Morgan fingerprint density at radius 3 is 2.76 bits per heavy atom. The summed E-state index contributed by atoms with van der Waals surface area (Å²) in [4.78, 5) is 18.5. The number of ether oxygens (including phenoxy) is 1. The molecule has 0 N–H and O–H groups in total. The van der Waals surface area contributed by atoms with Crippen LogP contribution in [0.3, 0.4) is 0 Å². The van der Waals surface area contributed by atoms with Gasteiger partial charge >= 0.3 is 0 Å². The first-order valence-electron chi connectivity index (χ1n) is 9.97. The van der Waals surface area contributed by atoms with Gasteiger partial charge in [0.25, 0.3) is 0 Å². The fraction of sp³-hybridized carbons (Fsp3) is 0.333. The Morgan fingerprint density at radius 1 is 1.34 bits per heavy atom. The molecule has 0 spiro atoms. The maximum Gasteiger partial charge on any atom is 0.159 e. The number of pyridine rings is 1. The van der Waals surface area contributed by atoms with Gasteiger partial charge in [-0.3, -0.25) is 4.79 Å². The van der Waals surface area contributed by atoms with Crippen LogP contribution in [0, 0.1) is 12.8 Å². The van der Waals surface area contributed by atoms with Crippen molar-refractivity contribution in [1.29, 1.82) is 0 Å². The van der Waals surface area contributed by atoms with Crippen molar-refractivity contribution in [2.24, 2.45) is 5.92 Å². The van der Waals surface area contributed by atoms with Gasteiger partial charge in [-0.05, 0) is 68.5 Å². The minimum absolute atomic E-state index is 0.0232. The first-order valence-corrected chi connectivity index (χ1v) is 9.97. The van der Waals surface area contributed by atoms with E-state index in [4.69, 9.17) is 4.74 Å². The van der Waals surface area contributed by atoms with Crippen LogP contribution in [0.2, 0.25) is 0 Å². The number of methoxy groups -OCH3 is 1. The molecule has 1 saturated carbocycles. The number of carbonyl (C=O) groups excluding carboxylic acids is 1. The van der Waals surface area contributed by atoms with Gasteiger partial charge in [0.05, 0.1) is 24.2 Å². The lowest BCUT2D eigenvalue weighted by Gasteiger charge is -2.27.